The fourth-order valence-electron chi connectivity index (χ4n) is 1.15. The highest BCUT2D eigenvalue weighted by molar-refractivity contribution is 5.72. The van der Waals surface area contributed by atoms with E-state index in [4.69, 9.17) is 9.84 Å². The van der Waals surface area contributed by atoms with Crippen LogP contribution in [0.4, 0.5) is 4.39 Å². The Morgan fingerprint density at radius 3 is 2.81 bits per heavy atom. The first kappa shape index (κ1) is 12.4. The summed E-state index contributed by atoms with van der Waals surface area (Å²) in [6, 6.07) is 3.76. The first-order valence-corrected chi connectivity index (χ1v) is 4.83. The van der Waals surface area contributed by atoms with Crippen LogP contribution in [0.5, 0.6) is 5.75 Å². The van der Waals surface area contributed by atoms with Gasteiger partial charge in [0.2, 0.25) is 0 Å². The molecule has 1 aromatic carbocycles. The first-order valence-electron chi connectivity index (χ1n) is 4.83. The maximum Gasteiger partial charge on any atom is 0.320 e. The van der Waals surface area contributed by atoms with Crippen LogP contribution in [0.3, 0.4) is 0 Å². The molecule has 1 rings (SSSR count). The van der Waals surface area contributed by atoms with Gasteiger partial charge in [-0.05, 0) is 13.0 Å². The standard InChI is InChI=1S/C11H14FNO3/c1-7(11(14)15)13-6-8-3-4-9(16-2)5-10(8)12/h3-5,7,13H,6H2,1-2H3,(H,14,15). The normalized spacial score (nSPS) is 12.2. The zero-order valence-corrected chi connectivity index (χ0v) is 9.16. The van der Waals surface area contributed by atoms with Gasteiger partial charge in [-0.15, -0.1) is 0 Å². The molecule has 0 fully saturated rings. The van der Waals surface area contributed by atoms with Crippen LogP contribution in [-0.2, 0) is 11.3 Å². The van der Waals surface area contributed by atoms with Gasteiger partial charge in [0.25, 0.3) is 0 Å². The van der Waals surface area contributed by atoms with Crippen molar-refractivity contribution in [3.8, 4) is 5.75 Å². The Labute approximate surface area is 93.0 Å². The van der Waals surface area contributed by atoms with E-state index in [9.17, 15) is 9.18 Å². The lowest BCUT2D eigenvalue weighted by atomic mass is 10.2. The number of nitrogens with one attached hydrogen (secondary N) is 1. The summed E-state index contributed by atoms with van der Waals surface area (Å²) in [5.74, 6) is -0.939. The van der Waals surface area contributed by atoms with Crippen molar-refractivity contribution >= 4 is 5.97 Å². The van der Waals surface area contributed by atoms with Gasteiger partial charge in [-0.3, -0.25) is 4.79 Å². The van der Waals surface area contributed by atoms with Gasteiger partial charge in [0.1, 0.15) is 17.6 Å². The fraction of sp³-hybridized carbons (Fsp3) is 0.364. The van der Waals surface area contributed by atoms with E-state index >= 15 is 0 Å². The molecular weight excluding hydrogens is 213 g/mol. The SMILES string of the molecule is COc1ccc(CNC(C)C(=O)O)c(F)c1. The number of hydrogen-bond acceptors (Lipinski definition) is 3. The molecule has 16 heavy (non-hydrogen) atoms. The lowest BCUT2D eigenvalue weighted by Crippen LogP contribution is -2.33. The van der Waals surface area contributed by atoms with Gasteiger partial charge in [0, 0.05) is 18.2 Å². The second kappa shape index (κ2) is 5.46. The van der Waals surface area contributed by atoms with Crippen molar-refractivity contribution in [2.24, 2.45) is 0 Å². The third-order valence-electron chi connectivity index (χ3n) is 2.23. The molecule has 0 bridgehead atoms. The van der Waals surface area contributed by atoms with Crippen LogP contribution in [0, 0.1) is 5.82 Å². The number of ether oxygens (including phenoxy) is 1. The number of carboxylic acids is 1. The van der Waals surface area contributed by atoms with Crippen molar-refractivity contribution in [3.63, 3.8) is 0 Å². The Morgan fingerprint density at radius 2 is 2.31 bits per heavy atom. The highest BCUT2D eigenvalue weighted by Gasteiger charge is 2.11. The Bertz CT molecular complexity index is 381. The number of carboxylic acid groups (broad SMARTS) is 1. The van der Waals surface area contributed by atoms with Gasteiger partial charge < -0.3 is 15.2 Å². The molecule has 0 amide bonds. The topological polar surface area (TPSA) is 58.6 Å². The summed E-state index contributed by atoms with van der Waals surface area (Å²) >= 11 is 0. The molecule has 0 saturated carbocycles. The minimum absolute atomic E-state index is 0.170. The molecule has 2 N–H and O–H groups in total. The van der Waals surface area contributed by atoms with Crippen LogP contribution in [-0.4, -0.2) is 24.2 Å². The average Bonchev–Trinajstić information content (AvgIpc) is 2.26. The van der Waals surface area contributed by atoms with Crippen molar-refractivity contribution in [1.29, 1.82) is 0 Å². The second-order valence-electron chi connectivity index (χ2n) is 3.40. The molecule has 0 radical (unpaired) electrons. The van der Waals surface area contributed by atoms with E-state index in [0.717, 1.165) is 0 Å². The summed E-state index contributed by atoms with van der Waals surface area (Å²) in [5.41, 5.74) is 0.411. The number of aliphatic carboxylic acids is 1. The Balaban J connectivity index is 2.64. The molecular formula is C11H14FNO3. The predicted octanol–water partition coefficient (Wildman–Crippen LogP) is 1.40. The summed E-state index contributed by atoms with van der Waals surface area (Å²) in [6.07, 6.45) is 0. The number of rotatable bonds is 5. The lowest BCUT2D eigenvalue weighted by Gasteiger charge is -2.10. The zero-order valence-electron chi connectivity index (χ0n) is 9.16. The van der Waals surface area contributed by atoms with Gasteiger partial charge in [0.15, 0.2) is 0 Å². The summed E-state index contributed by atoms with van der Waals surface area (Å²) in [5, 5.41) is 11.3. The third-order valence-corrected chi connectivity index (χ3v) is 2.23. The van der Waals surface area contributed by atoms with Crippen molar-refractivity contribution in [2.45, 2.75) is 19.5 Å². The molecule has 1 atom stereocenters. The van der Waals surface area contributed by atoms with Gasteiger partial charge in [-0.25, -0.2) is 4.39 Å². The van der Waals surface area contributed by atoms with E-state index in [1.54, 1.807) is 12.1 Å². The number of benzene rings is 1. The van der Waals surface area contributed by atoms with Crippen LogP contribution in [0.1, 0.15) is 12.5 Å². The van der Waals surface area contributed by atoms with Crippen LogP contribution < -0.4 is 10.1 Å². The van der Waals surface area contributed by atoms with E-state index in [1.807, 2.05) is 0 Å². The number of methoxy groups -OCH3 is 1. The largest absolute Gasteiger partial charge is 0.497 e. The molecule has 0 spiro atoms. The molecule has 1 aromatic rings. The molecule has 5 heteroatoms. The lowest BCUT2D eigenvalue weighted by molar-refractivity contribution is -0.139. The van der Waals surface area contributed by atoms with Gasteiger partial charge in [-0.2, -0.15) is 0 Å². The maximum atomic E-state index is 13.4. The third kappa shape index (κ3) is 3.20. The van der Waals surface area contributed by atoms with Gasteiger partial charge in [0.05, 0.1) is 7.11 Å². The zero-order chi connectivity index (χ0) is 12.1. The van der Waals surface area contributed by atoms with Crippen molar-refractivity contribution in [3.05, 3.63) is 29.6 Å². The molecule has 0 aliphatic carbocycles. The van der Waals surface area contributed by atoms with Crippen LogP contribution >= 0.6 is 0 Å². The smallest absolute Gasteiger partial charge is 0.320 e. The maximum absolute atomic E-state index is 13.4. The summed E-state index contributed by atoms with van der Waals surface area (Å²) in [7, 11) is 1.46. The van der Waals surface area contributed by atoms with Crippen molar-refractivity contribution in [1.82, 2.24) is 5.32 Å². The molecule has 0 saturated heterocycles. The highest BCUT2D eigenvalue weighted by atomic mass is 19.1. The molecule has 0 aliphatic rings. The molecule has 4 nitrogen and oxygen atoms in total. The molecule has 88 valence electrons. The predicted molar refractivity (Wildman–Crippen MR) is 56.9 cm³/mol. The van der Waals surface area contributed by atoms with Crippen LogP contribution in [0.15, 0.2) is 18.2 Å². The minimum Gasteiger partial charge on any atom is -0.497 e. The highest BCUT2D eigenvalue weighted by Crippen LogP contribution is 2.16. The molecule has 0 heterocycles. The quantitative estimate of drug-likeness (QED) is 0.798. The van der Waals surface area contributed by atoms with Crippen molar-refractivity contribution in [2.75, 3.05) is 7.11 Å². The summed E-state index contributed by atoms with van der Waals surface area (Å²) in [6.45, 7) is 1.67. The van der Waals surface area contributed by atoms with E-state index in [1.165, 1.54) is 20.1 Å². The number of halogens is 1. The molecule has 0 aromatic heterocycles. The minimum atomic E-state index is -0.964. The van der Waals surface area contributed by atoms with Crippen LogP contribution in [0.2, 0.25) is 0 Å². The summed E-state index contributed by atoms with van der Waals surface area (Å²) in [4.78, 5) is 10.5. The van der Waals surface area contributed by atoms with Gasteiger partial charge >= 0.3 is 5.97 Å². The summed E-state index contributed by atoms with van der Waals surface area (Å²) < 4.78 is 18.3. The van der Waals surface area contributed by atoms with E-state index in [2.05, 4.69) is 5.32 Å². The molecule has 0 aliphatic heterocycles. The monoisotopic (exact) mass is 227 g/mol. The van der Waals surface area contributed by atoms with Gasteiger partial charge in [-0.1, -0.05) is 6.07 Å². The fourth-order valence-corrected chi connectivity index (χ4v) is 1.15. The van der Waals surface area contributed by atoms with E-state index < -0.39 is 17.8 Å². The number of hydrogen-bond donors (Lipinski definition) is 2. The Morgan fingerprint density at radius 1 is 1.62 bits per heavy atom. The second-order valence-corrected chi connectivity index (χ2v) is 3.40. The van der Waals surface area contributed by atoms with Crippen LogP contribution in [0.25, 0.3) is 0 Å². The first-order chi connectivity index (χ1) is 7.54. The van der Waals surface area contributed by atoms with Crippen molar-refractivity contribution < 1.29 is 19.0 Å². The molecule has 1 unspecified atom stereocenters. The van der Waals surface area contributed by atoms with E-state index in [-0.39, 0.29) is 6.54 Å². The number of carbonyl (C=O) groups is 1. The Hall–Kier alpha value is -1.62. The van der Waals surface area contributed by atoms with E-state index in [0.29, 0.717) is 11.3 Å². The Kier molecular flexibility index (Phi) is 4.25. The average molecular weight is 227 g/mol.